The molecule has 3 rings (SSSR count). The third-order valence-electron chi connectivity index (χ3n) is 4.86. The fraction of sp³-hybridized carbons (Fsp3) is 0.381. The van der Waals surface area contributed by atoms with Gasteiger partial charge in [-0.15, -0.1) is 24.8 Å². The van der Waals surface area contributed by atoms with E-state index in [0.717, 1.165) is 25.7 Å². The lowest BCUT2D eigenvalue weighted by atomic mass is 9.83. The van der Waals surface area contributed by atoms with Crippen molar-refractivity contribution >= 4 is 47.8 Å². The minimum atomic E-state index is -0.176. The lowest BCUT2D eigenvalue weighted by Crippen LogP contribution is -2.25. The van der Waals surface area contributed by atoms with Gasteiger partial charge in [-0.3, -0.25) is 14.6 Å². The number of benzene rings is 1. The number of anilines is 2. The molecule has 0 amide bonds. The average molecular weight is 454 g/mol. The van der Waals surface area contributed by atoms with Gasteiger partial charge in [-0.1, -0.05) is 0 Å². The molecule has 0 aliphatic heterocycles. The Morgan fingerprint density at radius 2 is 1.23 bits per heavy atom. The summed E-state index contributed by atoms with van der Waals surface area (Å²) in [4.78, 5) is 30.4. The summed E-state index contributed by atoms with van der Waals surface area (Å²) < 4.78 is 0. The lowest BCUT2D eigenvalue weighted by molar-refractivity contribution is 0.0980. The van der Waals surface area contributed by atoms with Gasteiger partial charge in [0.1, 0.15) is 0 Å². The molecule has 7 nitrogen and oxygen atoms in total. The van der Waals surface area contributed by atoms with Crippen molar-refractivity contribution in [1.29, 1.82) is 0 Å². The van der Waals surface area contributed by atoms with Gasteiger partial charge in [-0.05, 0) is 57.0 Å². The second-order valence-electron chi connectivity index (χ2n) is 6.84. The molecule has 0 atom stereocenters. The van der Waals surface area contributed by atoms with Gasteiger partial charge < -0.3 is 22.1 Å². The summed E-state index contributed by atoms with van der Waals surface area (Å²) >= 11 is 0. The van der Waals surface area contributed by atoms with Gasteiger partial charge in [0.05, 0.1) is 16.7 Å². The van der Waals surface area contributed by atoms with Crippen molar-refractivity contribution in [2.24, 2.45) is 11.5 Å². The third-order valence-corrected chi connectivity index (χ3v) is 4.86. The lowest BCUT2D eigenvalue weighted by Gasteiger charge is -2.23. The average Bonchev–Trinajstić information content (AvgIpc) is 2.72. The highest BCUT2D eigenvalue weighted by molar-refractivity contribution is 6.31. The van der Waals surface area contributed by atoms with E-state index in [1.54, 1.807) is 6.07 Å². The van der Waals surface area contributed by atoms with Gasteiger partial charge >= 0.3 is 0 Å². The van der Waals surface area contributed by atoms with E-state index in [4.69, 9.17) is 11.5 Å². The van der Waals surface area contributed by atoms with E-state index in [2.05, 4.69) is 15.6 Å². The molecule has 6 N–H and O–H groups in total. The number of aromatic nitrogens is 1. The first kappa shape index (κ1) is 25.8. The number of fused-ring (bicyclic) bond motifs is 2. The van der Waals surface area contributed by atoms with Gasteiger partial charge in [-0.25, -0.2) is 0 Å². The Morgan fingerprint density at radius 1 is 0.733 bits per heavy atom. The molecule has 1 aromatic heterocycles. The molecule has 1 heterocycles. The highest BCUT2D eigenvalue weighted by atomic mass is 35.5. The summed E-state index contributed by atoms with van der Waals surface area (Å²) in [6, 6.07) is 5.33. The van der Waals surface area contributed by atoms with Crippen molar-refractivity contribution in [3.05, 3.63) is 52.8 Å². The second-order valence-corrected chi connectivity index (χ2v) is 6.84. The molecular weight excluding hydrogens is 425 g/mol. The number of nitrogens with one attached hydrogen (secondary N) is 2. The largest absolute Gasteiger partial charge is 0.384 e. The van der Waals surface area contributed by atoms with Gasteiger partial charge in [0.15, 0.2) is 11.6 Å². The molecule has 1 aromatic carbocycles. The molecule has 0 fully saturated rings. The van der Waals surface area contributed by atoms with Crippen LogP contribution in [-0.2, 0) is 0 Å². The summed E-state index contributed by atoms with van der Waals surface area (Å²) in [5.41, 5.74) is 14.1. The molecule has 0 saturated heterocycles. The van der Waals surface area contributed by atoms with Crippen molar-refractivity contribution in [2.45, 2.75) is 25.7 Å². The summed E-state index contributed by atoms with van der Waals surface area (Å²) in [5.74, 6) is -0.330. The number of rotatable bonds is 10. The molecule has 0 bridgehead atoms. The molecule has 164 valence electrons. The number of halogens is 2. The molecule has 0 saturated carbocycles. The van der Waals surface area contributed by atoms with Crippen LogP contribution in [0.3, 0.4) is 0 Å². The number of hydrogen-bond acceptors (Lipinski definition) is 7. The van der Waals surface area contributed by atoms with Crippen LogP contribution in [0.4, 0.5) is 11.4 Å². The number of hydrogen-bond donors (Lipinski definition) is 4. The number of ketones is 2. The van der Waals surface area contributed by atoms with Crippen LogP contribution in [-0.4, -0.2) is 42.7 Å². The predicted molar refractivity (Wildman–Crippen MR) is 126 cm³/mol. The van der Waals surface area contributed by atoms with E-state index in [1.165, 1.54) is 12.4 Å². The van der Waals surface area contributed by atoms with Crippen LogP contribution in [0, 0.1) is 0 Å². The third kappa shape index (κ3) is 5.49. The Balaban J connectivity index is 0.00000225. The Kier molecular flexibility index (Phi) is 10.8. The first-order chi connectivity index (χ1) is 13.7. The van der Waals surface area contributed by atoms with E-state index < -0.39 is 0 Å². The summed E-state index contributed by atoms with van der Waals surface area (Å²) in [6.45, 7) is 2.64. The number of nitrogens with two attached hydrogens (primary N) is 2. The molecular formula is C21H29Cl2N5O2. The molecule has 9 heteroatoms. The van der Waals surface area contributed by atoms with Crippen LogP contribution >= 0.6 is 24.8 Å². The van der Waals surface area contributed by atoms with Crippen molar-refractivity contribution in [3.8, 4) is 0 Å². The topological polar surface area (TPSA) is 123 Å². The number of pyridine rings is 1. The summed E-state index contributed by atoms with van der Waals surface area (Å²) in [6.07, 6.45) is 6.60. The normalized spacial score (nSPS) is 11.7. The number of unbranched alkanes of at least 4 members (excludes halogenated alkanes) is 2. The van der Waals surface area contributed by atoms with Crippen molar-refractivity contribution in [3.63, 3.8) is 0 Å². The smallest absolute Gasteiger partial charge is 0.198 e. The van der Waals surface area contributed by atoms with E-state index in [9.17, 15) is 9.59 Å². The first-order valence-corrected chi connectivity index (χ1v) is 9.77. The van der Waals surface area contributed by atoms with E-state index in [1.807, 2.05) is 12.1 Å². The summed E-state index contributed by atoms with van der Waals surface area (Å²) in [7, 11) is 0. The quantitative estimate of drug-likeness (QED) is 0.347. The first-order valence-electron chi connectivity index (χ1n) is 9.77. The van der Waals surface area contributed by atoms with Crippen LogP contribution < -0.4 is 22.1 Å². The Morgan fingerprint density at radius 3 is 1.73 bits per heavy atom. The van der Waals surface area contributed by atoms with Gasteiger partial charge in [0.25, 0.3) is 0 Å². The van der Waals surface area contributed by atoms with Crippen LogP contribution in [0.25, 0.3) is 0 Å². The van der Waals surface area contributed by atoms with Crippen molar-refractivity contribution < 1.29 is 9.59 Å². The minimum absolute atomic E-state index is 0. The van der Waals surface area contributed by atoms with Crippen molar-refractivity contribution in [1.82, 2.24) is 4.98 Å². The fourth-order valence-electron chi connectivity index (χ4n) is 3.40. The zero-order valence-electron chi connectivity index (χ0n) is 16.8. The van der Waals surface area contributed by atoms with Crippen LogP contribution in [0.1, 0.15) is 57.5 Å². The zero-order valence-corrected chi connectivity index (χ0v) is 18.4. The van der Waals surface area contributed by atoms with Gasteiger partial charge in [0, 0.05) is 42.4 Å². The maximum atomic E-state index is 13.2. The predicted octanol–water partition coefficient (Wildman–Crippen LogP) is 3.00. The van der Waals surface area contributed by atoms with Crippen LogP contribution in [0.2, 0.25) is 0 Å². The second kappa shape index (κ2) is 12.5. The molecule has 0 spiro atoms. The van der Waals surface area contributed by atoms with Crippen molar-refractivity contribution in [2.75, 3.05) is 36.8 Å². The highest BCUT2D eigenvalue weighted by Crippen LogP contribution is 2.36. The molecule has 1 aliphatic carbocycles. The summed E-state index contributed by atoms with van der Waals surface area (Å²) in [5, 5.41) is 6.60. The maximum absolute atomic E-state index is 13.2. The molecule has 30 heavy (non-hydrogen) atoms. The Hall–Kier alpha value is -2.19. The van der Waals surface area contributed by atoms with Gasteiger partial charge in [-0.2, -0.15) is 0 Å². The number of carbonyl (C=O) groups is 2. The van der Waals surface area contributed by atoms with E-state index in [0.29, 0.717) is 59.8 Å². The minimum Gasteiger partial charge on any atom is -0.384 e. The standard InChI is InChI=1S/C21H27N5O2.2ClH/c22-8-1-3-10-25-16-5-6-17(26-11-4-2-9-23)19-18(16)20(27)14-7-12-24-13-15(14)21(19)28;;/h5-7,12-13,25-26H,1-4,8-11,22-23H2;2*1H. The van der Waals surface area contributed by atoms with E-state index >= 15 is 0 Å². The van der Waals surface area contributed by atoms with Crippen LogP contribution in [0.5, 0.6) is 0 Å². The zero-order chi connectivity index (χ0) is 19.9. The van der Waals surface area contributed by atoms with Crippen LogP contribution in [0.15, 0.2) is 30.6 Å². The van der Waals surface area contributed by atoms with E-state index in [-0.39, 0.29) is 36.4 Å². The molecule has 0 radical (unpaired) electrons. The monoisotopic (exact) mass is 453 g/mol. The molecule has 2 aromatic rings. The molecule has 1 aliphatic rings. The number of nitrogens with zero attached hydrogens (tertiary/aromatic N) is 1. The maximum Gasteiger partial charge on any atom is 0.198 e. The Bertz CT molecular complexity index is 806. The van der Waals surface area contributed by atoms with Gasteiger partial charge in [0.2, 0.25) is 0 Å². The SMILES string of the molecule is Cl.Cl.NCCCCNc1ccc(NCCCCN)c2c1C(=O)c1ccncc1C2=O. The fourth-order valence-corrected chi connectivity index (χ4v) is 3.40. The Labute approximate surface area is 189 Å². The molecule has 0 unspecified atom stereocenters. The number of carbonyl (C=O) groups excluding carboxylic acids is 2. The highest BCUT2D eigenvalue weighted by Gasteiger charge is 2.34.